The van der Waals surface area contributed by atoms with Crippen LogP contribution in [0.5, 0.6) is 0 Å². The Morgan fingerprint density at radius 1 is 1.53 bits per heavy atom. The van der Waals surface area contributed by atoms with Crippen molar-refractivity contribution >= 4 is 12.3 Å². The fourth-order valence-electron chi connectivity index (χ4n) is 2.04. The molecule has 0 radical (unpaired) electrons. The Hall–Kier alpha value is -1.68. The largest absolute Gasteiger partial charge is 0.465 e. The van der Waals surface area contributed by atoms with Crippen molar-refractivity contribution in [2.45, 2.75) is 11.8 Å². The maximum absolute atomic E-state index is 11.4. The summed E-state index contributed by atoms with van der Waals surface area (Å²) < 4.78 is 9.95. The van der Waals surface area contributed by atoms with Gasteiger partial charge in [-0.25, -0.2) is 4.79 Å². The van der Waals surface area contributed by atoms with Crippen LogP contribution in [0.2, 0.25) is 0 Å². The zero-order valence-electron chi connectivity index (χ0n) is 9.64. The number of carbonyl (C=O) groups excluding carboxylic acids is 2. The smallest absolute Gasteiger partial charge is 0.337 e. The first-order valence-electron chi connectivity index (χ1n) is 5.45. The Morgan fingerprint density at radius 3 is 2.94 bits per heavy atom. The van der Waals surface area contributed by atoms with Crippen LogP contribution < -0.4 is 0 Å². The van der Waals surface area contributed by atoms with Crippen LogP contribution >= 0.6 is 0 Å². The monoisotopic (exact) mass is 234 g/mol. The molecule has 90 valence electrons. The van der Waals surface area contributed by atoms with E-state index in [2.05, 4.69) is 4.74 Å². The summed E-state index contributed by atoms with van der Waals surface area (Å²) in [5, 5.41) is 0. The second kappa shape index (κ2) is 4.67. The lowest BCUT2D eigenvalue weighted by Gasteiger charge is -2.20. The number of aldehydes is 1. The molecule has 2 rings (SSSR count). The fraction of sp³-hybridized carbons (Fsp3) is 0.385. The molecule has 4 heteroatoms. The van der Waals surface area contributed by atoms with Gasteiger partial charge >= 0.3 is 5.97 Å². The van der Waals surface area contributed by atoms with Crippen LogP contribution in [0.15, 0.2) is 24.3 Å². The second-order valence-electron chi connectivity index (χ2n) is 4.15. The van der Waals surface area contributed by atoms with Crippen LogP contribution in [0, 0.1) is 0 Å². The van der Waals surface area contributed by atoms with Gasteiger partial charge in [0.25, 0.3) is 0 Å². The van der Waals surface area contributed by atoms with E-state index < -0.39 is 11.4 Å². The van der Waals surface area contributed by atoms with Crippen LogP contribution in [0.25, 0.3) is 0 Å². The lowest BCUT2D eigenvalue weighted by atomic mass is 9.81. The Kier molecular flexibility index (Phi) is 3.24. The highest BCUT2D eigenvalue weighted by Crippen LogP contribution is 2.31. The van der Waals surface area contributed by atoms with E-state index in [0.29, 0.717) is 25.2 Å². The number of carbonyl (C=O) groups is 2. The summed E-state index contributed by atoms with van der Waals surface area (Å²) in [6.07, 6.45) is 1.57. The summed E-state index contributed by atoms with van der Waals surface area (Å²) >= 11 is 0. The fourth-order valence-corrected chi connectivity index (χ4v) is 2.04. The van der Waals surface area contributed by atoms with E-state index in [4.69, 9.17) is 4.74 Å². The molecule has 0 N–H and O–H groups in total. The van der Waals surface area contributed by atoms with Crippen LogP contribution in [-0.4, -0.2) is 32.6 Å². The van der Waals surface area contributed by atoms with Gasteiger partial charge in [-0.05, 0) is 24.1 Å². The zero-order valence-corrected chi connectivity index (χ0v) is 9.64. The van der Waals surface area contributed by atoms with Crippen LogP contribution in [0.1, 0.15) is 22.3 Å². The third-order valence-electron chi connectivity index (χ3n) is 3.14. The van der Waals surface area contributed by atoms with Gasteiger partial charge in [0.15, 0.2) is 0 Å². The zero-order chi connectivity index (χ0) is 12.3. The van der Waals surface area contributed by atoms with Gasteiger partial charge in [0.05, 0.1) is 24.7 Å². The average Bonchev–Trinajstić information content (AvgIpc) is 2.88. The molecular weight excluding hydrogens is 220 g/mol. The molecular formula is C13H14O4. The van der Waals surface area contributed by atoms with Crippen molar-refractivity contribution in [3.05, 3.63) is 35.4 Å². The van der Waals surface area contributed by atoms with Crippen LogP contribution in [-0.2, 0) is 19.7 Å². The quantitative estimate of drug-likeness (QED) is 0.585. The molecule has 17 heavy (non-hydrogen) atoms. The third-order valence-corrected chi connectivity index (χ3v) is 3.14. The standard InChI is InChI=1S/C13H14O4/c1-16-12(15)10-3-2-4-11(7-10)13(8-14)5-6-17-9-13/h2-4,7-8H,5-6,9H2,1H3. The Morgan fingerprint density at radius 2 is 2.35 bits per heavy atom. The molecule has 0 bridgehead atoms. The molecule has 1 aliphatic heterocycles. The summed E-state index contributed by atoms with van der Waals surface area (Å²) in [5.74, 6) is -0.396. The van der Waals surface area contributed by atoms with Crippen molar-refractivity contribution in [2.75, 3.05) is 20.3 Å². The normalized spacial score (nSPS) is 23.4. The van der Waals surface area contributed by atoms with Crippen molar-refractivity contribution in [1.82, 2.24) is 0 Å². The number of hydrogen-bond donors (Lipinski definition) is 0. The summed E-state index contributed by atoms with van der Waals surface area (Å²) in [6, 6.07) is 6.97. The minimum atomic E-state index is -0.607. The topological polar surface area (TPSA) is 52.6 Å². The Bertz CT molecular complexity index is 433. The minimum absolute atomic E-state index is 0.376. The first-order chi connectivity index (χ1) is 8.22. The molecule has 1 aromatic rings. The lowest BCUT2D eigenvalue weighted by Crippen LogP contribution is -2.28. The van der Waals surface area contributed by atoms with Gasteiger partial charge in [0, 0.05) is 6.61 Å². The number of methoxy groups -OCH3 is 1. The van der Waals surface area contributed by atoms with Gasteiger partial charge in [-0.2, -0.15) is 0 Å². The second-order valence-corrected chi connectivity index (χ2v) is 4.15. The van der Waals surface area contributed by atoms with Crippen LogP contribution in [0.3, 0.4) is 0 Å². The predicted octanol–water partition coefficient (Wildman–Crippen LogP) is 1.33. The number of benzene rings is 1. The van der Waals surface area contributed by atoms with E-state index in [1.807, 2.05) is 6.07 Å². The van der Waals surface area contributed by atoms with Gasteiger partial charge in [0.2, 0.25) is 0 Å². The van der Waals surface area contributed by atoms with Crippen molar-refractivity contribution in [1.29, 1.82) is 0 Å². The molecule has 1 fully saturated rings. The van der Waals surface area contributed by atoms with Gasteiger partial charge in [0.1, 0.15) is 6.29 Å². The molecule has 0 amide bonds. The van der Waals surface area contributed by atoms with E-state index in [1.165, 1.54) is 7.11 Å². The van der Waals surface area contributed by atoms with Gasteiger partial charge < -0.3 is 14.3 Å². The lowest BCUT2D eigenvalue weighted by molar-refractivity contribution is -0.112. The summed E-state index contributed by atoms with van der Waals surface area (Å²) in [6.45, 7) is 0.947. The summed E-state index contributed by atoms with van der Waals surface area (Å²) in [5.41, 5.74) is 0.662. The van der Waals surface area contributed by atoms with E-state index in [-0.39, 0.29) is 0 Å². The maximum atomic E-state index is 11.4. The average molecular weight is 234 g/mol. The highest BCUT2D eigenvalue weighted by atomic mass is 16.5. The highest BCUT2D eigenvalue weighted by molar-refractivity contribution is 5.90. The Labute approximate surface area is 99.5 Å². The molecule has 1 aliphatic rings. The molecule has 1 atom stereocenters. The number of ether oxygens (including phenoxy) is 2. The third kappa shape index (κ3) is 2.08. The number of hydrogen-bond acceptors (Lipinski definition) is 4. The minimum Gasteiger partial charge on any atom is -0.465 e. The van der Waals surface area contributed by atoms with Crippen molar-refractivity contribution < 1.29 is 19.1 Å². The van der Waals surface area contributed by atoms with Crippen molar-refractivity contribution in [3.8, 4) is 0 Å². The van der Waals surface area contributed by atoms with Crippen LogP contribution in [0.4, 0.5) is 0 Å². The van der Waals surface area contributed by atoms with Gasteiger partial charge in [-0.3, -0.25) is 0 Å². The predicted molar refractivity (Wildman–Crippen MR) is 61.0 cm³/mol. The SMILES string of the molecule is COC(=O)c1cccc(C2(C=O)CCOC2)c1. The molecule has 1 heterocycles. The van der Waals surface area contributed by atoms with E-state index in [9.17, 15) is 9.59 Å². The maximum Gasteiger partial charge on any atom is 0.337 e. The van der Waals surface area contributed by atoms with E-state index in [1.54, 1.807) is 18.2 Å². The van der Waals surface area contributed by atoms with E-state index in [0.717, 1.165) is 11.8 Å². The molecule has 1 unspecified atom stereocenters. The molecule has 0 saturated carbocycles. The van der Waals surface area contributed by atoms with Crippen molar-refractivity contribution in [3.63, 3.8) is 0 Å². The molecule has 0 aliphatic carbocycles. The molecule has 0 aromatic heterocycles. The summed E-state index contributed by atoms with van der Waals surface area (Å²) in [7, 11) is 1.34. The number of esters is 1. The molecule has 4 nitrogen and oxygen atoms in total. The first-order valence-corrected chi connectivity index (χ1v) is 5.45. The number of rotatable bonds is 3. The van der Waals surface area contributed by atoms with Gasteiger partial charge in [-0.15, -0.1) is 0 Å². The highest BCUT2D eigenvalue weighted by Gasteiger charge is 2.36. The first kappa shape index (κ1) is 11.8. The molecule has 1 saturated heterocycles. The molecule has 0 spiro atoms. The van der Waals surface area contributed by atoms with Crippen molar-refractivity contribution in [2.24, 2.45) is 0 Å². The van der Waals surface area contributed by atoms with Gasteiger partial charge in [-0.1, -0.05) is 12.1 Å². The summed E-state index contributed by atoms with van der Waals surface area (Å²) in [4.78, 5) is 22.7. The Balaban J connectivity index is 2.38. The van der Waals surface area contributed by atoms with E-state index >= 15 is 0 Å². The molecule has 1 aromatic carbocycles.